The van der Waals surface area contributed by atoms with E-state index in [-0.39, 0.29) is 0 Å². The van der Waals surface area contributed by atoms with Crippen molar-refractivity contribution in [2.24, 2.45) is 0 Å². The van der Waals surface area contributed by atoms with E-state index >= 15 is 0 Å². The zero-order valence-electron chi connectivity index (χ0n) is 11.0. The second-order valence-electron chi connectivity index (χ2n) is 4.48. The van der Waals surface area contributed by atoms with E-state index in [0.29, 0.717) is 0 Å². The van der Waals surface area contributed by atoms with Gasteiger partial charge in [0, 0.05) is 32.7 Å². The molecule has 1 aromatic carbocycles. The van der Waals surface area contributed by atoms with Gasteiger partial charge in [-0.25, -0.2) is 0 Å². The van der Waals surface area contributed by atoms with Crippen LogP contribution in [0.5, 0.6) is 5.75 Å². The van der Waals surface area contributed by atoms with Gasteiger partial charge < -0.3 is 14.8 Å². The molecule has 0 atom stereocenters. The number of ether oxygens (including phenoxy) is 2. The molecule has 0 saturated carbocycles. The van der Waals surface area contributed by atoms with Crippen molar-refractivity contribution in [2.45, 2.75) is 6.54 Å². The van der Waals surface area contributed by atoms with Gasteiger partial charge in [-0.1, -0.05) is 12.1 Å². The largest absolute Gasteiger partial charge is 0.497 e. The maximum absolute atomic E-state index is 5.32. The molecule has 0 spiro atoms. The third kappa shape index (κ3) is 4.29. The fourth-order valence-corrected chi connectivity index (χ4v) is 2.04. The summed E-state index contributed by atoms with van der Waals surface area (Å²) in [6.07, 6.45) is 0. The van der Waals surface area contributed by atoms with Gasteiger partial charge in [0.05, 0.1) is 20.3 Å². The molecular weight excluding hydrogens is 228 g/mol. The molecule has 0 aliphatic carbocycles. The maximum atomic E-state index is 5.32. The molecule has 0 unspecified atom stereocenters. The zero-order valence-corrected chi connectivity index (χ0v) is 11.0. The van der Waals surface area contributed by atoms with Crippen LogP contribution in [-0.2, 0) is 11.3 Å². The lowest BCUT2D eigenvalue weighted by atomic mass is 10.2. The van der Waals surface area contributed by atoms with Crippen LogP contribution in [0.15, 0.2) is 24.3 Å². The summed E-state index contributed by atoms with van der Waals surface area (Å²) in [5.74, 6) is 0.909. The van der Waals surface area contributed by atoms with Gasteiger partial charge in [-0.3, -0.25) is 4.90 Å². The highest BCUT2D eigenvalue weighted by Crippen LogP contribution is 2.10. The first-order valence-corrected chi connectivity index (χ1v) is 6.52. The molecule has 0 bridgehead atoms. The molecule has 2 rings (SSSR count). The molecule has 1 saturated heterocycles. The normalized spacial score (nSPS) is 16.7. The Morgan fingerprint density at radius 1 is 1.22 bits per heavy atom. The van der Waals surface area contributed by atoms with E-state index in [1.54, 1.807) is 7.11 Å². The van der Waals surface area contributed by atoms with Gasteiger partial charge in [0.1, 0.15) is 5.75 Å². The number of nitrogens with zero attached hydrogens (tertiary/aromatic N) is 1. The predicted molar refractivity (Wildman–Crippen MR) is 72.0 cm³/mol. The van der Waals surface area contributed by atoms with Crippen molar-refractivity contribution in [2.75, 3.05) is 46.5 Å². The number of hydrogen-bond donors (Lipinski definition) is 1. The summed E-state index contributed by atoms with van der Waals surface area (Å²) in [5.41, 5.74) is 1.29. The van der Waals surface area contributed by atoms with Gasteiger partial charge in [-0.15, -0.1) is 0 Å². The Bertz CT molecular complexity index is 334. The zero-order chi connectivity index (χ0) is 12.6. The van der Waals surface area contributed by atoms with Gasteiger partial charge in [0.25, 0.3) is 0 Å². The minimum Gasteiger partial charge on any atom is -0.497 e. The Labute approximate surface area is 109 Å². The van der Waals surface area contributed by atoms with Crippen LogP contribution in [0.3, 0.4) is 0 Å². The van der Waals surface area contributed by atoms with Crippen LogP contribution in [0.4, 0.5) is 0 Å². The molecule has 18 heavy (non-hydrogen) atoms. The summed E-state index contributed by atoms with van der Waals surface area (Å²) in [4.78, 5) is 2.44. The quantitative estimate of drug-likeness (QED) is 0.767. The molecule has 1 aromatic rings. The van der Waals surface area contributed by atoms with Crippen molar-refractivity contribution >= 4 is 0 Å². The number of morpholine rings is 1. The van der Waals surface area contributed by atoms with Crippen LogP contribution in [0.1, 0.15) is 5.56 Å². The molecule has 1 heterocycles. The Hall–Kier alpha value is -1.10. The van der Waals surface area contributed by atoms with E-state index in [9.17, 15) is 0 Å². The lowest BCUT2D eigenvalue weighted by Gasteiger charge is -2.26. The van der Waals surface area contributed by atoms with E-state index in [1.807, 2.05) is 12.1 Å². The second kappa shape index (κ2) is 7.36. The van der Waals surface area contributed by atoms with Gasteiger partial charge in [0.15, 0.2) is 0 Å². The highest BCUT2D eigenvalue weighted by Gasteiger charge is 2.08. The Kier molecular flexibility index (Phi) is 5.45. The number of hydrogen-bond acceptors (Lipinski definition) is 4. The van der Waals surface area contributed by atoms with Crippen LogP contribution in [0.2, 0.25) is 0 Å². The van der Waals surface area contributed by atoms with E-state index in [1.165, 1.54) is 5.56 Å². The molecule has 1 fully saturated rings. The van der Waals surface area contributed by atoms with Crippen LogP contribution >= 0.6 is 0 Å². The number of rotatable bonds is 6. The highest BCUT2D eigenvalue weighted by molar-refractivity contribution is 5.26. The molecule has 4 nitrogen and oxygen atoms in total. The van der Waals surface area contributed by atoms with Crippen molar-refractivity contribution in [1.29, 1.82) is 0 Å². The standard InChI is InChI=1S/C14H22N2O2/c1-17-14-4-2-13(3-5-14)12-15-6-7-16-8-10-18-11-9-16/h2-5,15H,6-12H2,1H3. The average molecular weight is 250 g/mol. The summed E-state index contributed by atoms with van der Waals surface area (Å²) in [6.45, 7) is 6.89. The summed E-state index contributed by atoms with van der Waals surface area (Å²) in [5, 5.41) is 3.46. The number of benzene rings is 1. The van der Waals surface area contributed by atoms with E-state index in [2.05, 4.69) is 22.3 Å². The van der Waals surface area contributed by atoms with E-state index in [4.69, 9.17) is 9.47 Å². The van der Waals surface area contributed by atoms with Crippen molar-refractivity contribution in [3.8, 4) is 5.75 Å². The van der Waals surface area contributed by atoms with Crippen LogP contribution in [0, 0.1) is 0 Å². The molecule has 4 heteroatoms. The fourth-order valence-electron chi connectivity index (χ4n) is 2.04. The van der Waals surface area contributed by atoms with Gasteiger partial charge >= 0.3 is 0 Å². The van der Waals surface area contributed by atoms with Crippen molar-refractivity contribution in [1.82, 2.24) is 10.2 Å². The van der Waals surface area contributed by atoms with E-state index in [0.717, 1.165) is 51.7 Å². The van der Waals surface area contributed by atoms with Gasteiger partial charge in [-0.2, -0.15) is 0 Å². The number of methoxy groups -OCH3 is 1. The minimum atomic E-state index is 0.873. The summed E-state index contributed by atoms with van der Waals surface area (Å²) < 4.78 is 10.5. The molecule has 1 N–H and O–H groups in total. The van der Waals surface area contributed by atoms with Crippen LogP contribution in [-0.4, -0.2) is 51.4 Å². The molecule has 0 amide bonds. The van der Waals surface area contributed by atoms with Crippen molar-refractivity contribution in [3.63, 3.8) is 0 Å². The molecular formula is C14H22N2O2. The maximum Gasteiger partial charge on any atom is 0.118 e. The summed E-state index contributed by atoms with van der Waals surface area (Å²) >= 11 is 0. The van der Waals surface area contributed by atoms with Crippen LogP contribution in [0.25, 0.3) is 0 Å². The molecule has 0 radical (unpaired) electrons. The second-order valence-corrected chi connectivity index (χ2v) is 4.48. The third-order valence-electron chi connectivity index (χ3n) is 3.20. The Morgan fingerprint density at radius 2 is 1.94 bits per heavy atom. The van der Waals surface area contributed by atoms with Crippen molar-refractivity contribution < 1.29 is 9.47 Å². The minimum absolute atomic E-state index is 0.873. The molecule has 0 aromatic heterocycles. The highest BCUT2D eigenvalue weighted by atomic mass is 16.5. The fraction of sp³-hybridized carbons (Fsp3) is 0.571. The monoisotopic (exact) mass is 250 g/mol. The van der Waals surface area contributed by atoms with Gasteiger partial charge in [-0.05, 0) is 17.7 Å². The first-order valence-electron chi connectivity index (χ1n) is 6.52. The predicted octanol–water partition coefficient (Wildman–Crippen LogP) is 1.12. The SMILES string of the molecule is COc1ccc(CNCCN2CCOCC2)cc1. The van der Waals surface area contributed by atoms with Crippen molar-refractivity contribution in [3.05, 3.63) is 29.8 Å². The number of nitrogens with one attached hydrogen (secondary N) is 1. The summed E-state index contributed by atoms with van der Waals surface area (Å²) in [6, 6.07) is 8.19. The summed E-state index contributed by atoms with van der Waals surface area (Å²) in [7, 11) is 1.69. The molecule has 1 aliphatic heterocycles. The first kappa shape index (κ1) is 13.3. The van der Waals surface area contributed by atoms with Crippen LogP contribution < -0.4 is 10.1 Å². The Morgan fingerprint density at radius 3 is 2.61 bits per heavy atom. The topological polar surface area (TPSA) is 33.7 Å². The Balaban J connectivity index is 1.62. The first-order chi connectivity index (χ1) is 8.88. The molecule has 100 valence electrons. The lowest BCUT2D eigenvalue weighted by molar-refractivity contribution is 0.0384. The lowest BCUT2D eigenvalue weighted by Crippen LogP contribution is -2.40. The van der Waals surface area contributed by atoms with E-state index < -0.39 is 0 Å². The van der Waals surface area contributed by atoms with Gasteiger partial charge in [0.2, 0.25) is 0 Å². The third-order valence-corrected chi connectivity index (χ3v) is 3.20. The average Bonchev–Trinajstić information content (AvgIpc) is 2.45. The molecule has 1 aliphatic rings. The smallest absolute Gasteiger partial charge is 0.118 e.